The molecule has 0 bridgehead atoms. The third kappa shape index (κ3) is 3.96. The summed E-state index contributed by atoms with van der Waals surface area (Å²) >= 11 is 0. The van der Waals surface area contributed by atoms with Crippen molar-refractivity contribution >= 4 is 17.3 Å². The molecular formula is C16H23N3O3. The fourth-order valence-corrected chi connectivity index (χ4v) is 2.65. The van der Waals surface area contributed by atoms with E-state index in [0.717, 1.165) is 0 Å². The molecule has 0 aromatic heterocycles. The number of rotatable bonds is 3. The minimum Gasteiger partial charge on any atom is -0.362 e. The second-order valence-electron chi connectivity index (χ2n) is 6.85. The van der Waals surface area contributed by atoms with E-state index in [1.165, 1.54) is 6.07 Å². The van der Waals surface area contributed by atoms with Crippen molar-refractivity contribution in [3.8, 4) is 0 Å². The first-order valence-electron chi connectivity index (χ1n) is 7.54. The summed E-state index contributed by atoms with van der Waals surface area (Å²) in [5.74, 6) is 0.162. The molecule has 6 heteroatoms. The number of nitro groups is 1. The molecule has 0 radical (unpaired) electrons. The Labute approximate surface area is 130 Å². The van der Waals surface area contributed by atoms with E-state index in [1.807, 2.05) is 9.80 Å². The van der Waals surface area contributed by atoms with Gasteiger partial charge in [-0.05, 0) is 11.5 Å². The van der Waals surface area contributed by atoms with Crippen LogP contribution in [0.5, 0.6) is 0 Å². The van der Waals surface area contributed by atoms with E-state index in [2.05, 4.69) is 20.8 Å². The van der Waals surface area contributed by atoms with Gasteiger partial charge >= 0.3 is 0 Å². The van der Waals surface area contributed by atoms with Crippen LogP contribution in [0.3, 0.4) is 0 Å². The zero-order chi connectivity index (χ0) is 16.3. The van der Waals surface area contributed by atoms with E-state index in [9.17, 15) is 14.9 Å². The highest BCUT2D eigenvalue weighted by atomic mass is 16.6. The monoisotopic (exact) mass is 305 g/mol. The van der Waals surface area contributed by atoms with Crippen molar-refractivity contribution in [2.75, 3.05) is 31.1 Å². The third-order valence-electron chi connectivity index (χ3n) is 3.73. The minimum atomic E-state index is -0.355. The molecule has 0 aliphatic carbocycles. The summed E-state index contributed by atoms with van der Waals surface area (Å²) in [6, 6.07) is 6.77. The van der Waals surface area contributed by atoms with Crippen LogP contribution in [0.4, 0.5) is 11.4 Å². The quantitative estimate of drug-likeness (QED) is 0.636. The SMILES string of the molecule is CC(C)(C)CC(=O)N1CCN(c2ccccc2[N+](=O)[O-])CC1. The van der Waals surface area contributed by atoms with Gasteiger partial charge in [-0.3, -0.25) is 14.9 Å². The van der Waals surface area contributed by atoms with Gasteiger partial charge in [-0.25, -0.2) is 0 Å². The summed E-state index contributed by atoms with van der Waals surface area (Å²) in [6.07, 6.45) is 0.526. The molecule has 0 N–H and O–H groups in total. The van der Waals surface area contributed by atoms with Gasteiger partial charge in [0.2, 0.25) is 5.91 Å². The molecule has 1 aliphatic heterocycles. The number of nitrogens with zero attached hydrogens (tertiary/aromatic N) is 3. The molecule has 120 valence electrons. The predicted octanol–water partition coefficient (Wildman–Crippen LogP) is 2.68. The summed E-state index contributed by atoms with van der Waals surface area (Å²) in [6.45, 7) is 8.63. The van der Waals surface area contributed by atoms with Crippen LogP contribution in [0.25, 0.3) is 0 Å². The highest BCUT2D eigenvalue weighted by Gasteiger charge is 2.27. The first-order valence-corrected chi connectivity index (χ1v) is 7.54. The second kappa shape index (κ2) is 6.34. The van der Waals surface area contributed by atoms with E-state index < -0.39 is 0 Å². The highest BCUT2D eigenvalue weighted by molar-refractivity contribution is 5.77. The predicted molar refractivity (Wildman–Crippen MR) is 86.0 cm³/mol. The molecule has 6 nitrogen and oxygen atoms in total. The van der Waals surface area contributed by atoms with Gasteiger partial charge in [-0.2, -0.15) is 0 Å². The summed E-state index contributed by atoms with van der Waals surface area (Å²) in [5.41, 5.74) is 0.735. The molecule has 0 spiro atoms. The number of anilines is 1. The largest absolute Gasteiger partial charge is 0.362 e. The lowest BCUT2D eigenvalue weighted by Crippen LogP contribution is -2.49. The lowest BCUT2D eigenvalue weighted by atomic mass is 9.91. The molecule has 0 unspecified atom stereocenters. The van der Waals surface area contributed by atoms with Gasteiger partial charge in [-0.15, -0.1) is 0 Å². The number of hydrogen-bond donors (Lipinski definition) is 0. The smallest absolute Gasteiger partial charge is 0.292 e. The highest BCUT2D eigenvalue weighted by Crippen LogP contribution is 2.28. The number of carbonyl (C=O) groups excluding carboxylic acids is 1. The van der Waals surface area contributed by atoms with Crippen LogP contribution in [-0.4, -0.2) is 41.9 Å². The molecule has 0 atom stereocenters. The summed E-state index contributed by atoms with van der Waals surface area (Å²) < 4.78 is 0. The van der Waals surface area contributed by atoms with Gasteiger partial charge in [0.05, 0.1) is 4.92 Å². The number of piperazine rings is 1. The summed E-state index contributed by atoms with van der Waals surface area (Å²) in [7, 11) is 0. The van der Waals surface area contributed by atoms with Crippen molar-refractivity contribution in [3.05, 3.63) is 34.4 Å². The maximum atomic E-state index is 12.2. The maximum absolute atomic E-state index is 12.2. The number of para-hydroxylation sites is 2. The van der Waals surface area contributed by atoms with Gasteiger partial charge in [-0.1, -0.05) is 32.9 Å². The molecule has 22 heavy (non-hydrogen) atoms. The van der Waals surface area contributed by atoms with E-state index in [-0.39, 0.29) is 21.9 Å². The molecule has 1 aromatic rings. The molecule has 0 saturated carbocycles. The van der Waals surface area contributed by atoms with Crippen LogP contribution in [0.1, 0.15) is 27.2 Å². The van der Waals surface area contributed by atoms with E-state index >= 15 is 0 Å². The lowest BCUT2D eigenvalue weighted by Gasteiger charge is -2.36. The zero-order valence-corrected chi connectivity index (χ0v) is 13.4. The van der Waals surface area contributed by atoms with Crippen LogP contribution >= 0.6 is 0 Å². The van der Waals surface area contributed by atoms with Gasteiger partial charge in [0.25, 0.3) is 5.69 Å². The molecule has 1 aromatic carbocycles. The molecule has 1 saturated heterocycles. The van der Waals surface area contributed by atoms with Gasteiger partial charge < -0.3 is 9.80 Å². The molecule has 1 amide bonds. The van der Waals surface area contributed by atoms with E-state index in [4.69, 9.17) is 0 Å². The Morgan fingerprint density at radius 3 is 2.32 bits per heavy atom. The molecule has 2 rings (SSSR count). The van der Waals surface area contributed by atoms with Crippen LogP contribution in [0.2, 0.25) is 0 Å². The number of carbonyl (C=O) groups is 1. The summed E-state index contributed by atoms with van der Waals surface area (Å²) in [5, 5.41) is 11.1. The van der Waals surface area contributed by atoms with Crippen molar-refractivity contribution < 1.29 is 9.72 Å². The average Bonchev–Trinajstić information content (AvgIpc) is 2.45. The molecule has 1 aliphatic rings. The van der Waals surface area contributed by atoms with E-state index in [1.54, 1.807) is 18.2 Å². The summed E-state index contributed by atoms with van der Waals surface area (Å²) in [4.78, 5) is 26.8. The van der Waals surface area contributed by atoms with Crippen molar-refractivity contribution in [2.24, 2.45) is 5.41 Å². The Hall–Kier alpha value is -2.11. The van der Waals surface area contributed by atoms with Crippen LogP contribution < -0.4 is 4.90 Å². The molecular weight excluding hydrogens is 282 g/mol. The van der Waals surface area contributed by atoms with E-state index in [0.29, 0.717) is 38.3 Å². The first-order chi connectivity index (χ1) is 10.3. The Balaban J connectivity index is 2.01. The number of nitro benzene ring substituents is 1. The lowest BCUT2D eigenvalue weighted by molar-refractivity contribution is -0.384. The maximum Gasteiger partial charge on any atom is 0.292 e. The Morgan fingerprint density at radius 1 is 1.18 bits per heavy atom. The second-order valence-corrected chi connectivity index (χ2v) is 6.85. The normalized spacial score (nSPS) is 15.8. The Bertz CT molecular complexity index is 558. The van der Waals surface area contributed by atoms with Crippen molar-refractivity contribution in [1.82, 2.24) is 4.90 Å². The van der Waals surface area contributed by atoms with Gasteiger partial charge in [0.15, 0.2) is 0 Å². The number of hydrogen-bond acceptors (Lipinski definition) is 4. The fraction of sp³-hybridized carbons (Fsp3) is 0.562. The zero-order valence-electron chi connectivity index (χ0n) is 13.4. The number of amides is 1. The fourth-order valence-electron chi connectivity index (χ4n) is 2.65. The van der Waals surface area contributed by atoms with Crippen molar-refractivity contribution in [3.63, 3.8) is 0 Å². The van der Waals surface area contributed by atoms with Gasteiger partial charge in [0.1, 0.15) is 5.69 Å². The Morgan fingerprint density at radius 2 is 1.77 bits per heavy atom. The average molecular weight is 305 g/mol. The topological polar surface area (TPSA) is 66.7 Å². The van der Waals surface area contributed by atoms with Crippen LogP contribution in [0, 0.1) is 15.5 Å². The molecule has 1 heterocycles. The molecule has 1 fully saturated rings. The van der Waals surface area contributed by atoms with Crippen LogP contribution in [-0.2, 0) is 4.79 Å². The van der Waals surface area contributed by atoms with Crippen molar-refractivity contribution in [2.45, 2.75) is 27.2 Å². The standard InChI is InChI=1S/C16H23N3O3/c1-16(2,3)12-15(20)18-10-8-17(9-11-18)13-6-4-5-7-14(13)19(21)22/h4-7H,8-12H2,1-3H3. The number of benzene rings is 1. The van der Waals surface area contributed by atoms with Crippen molar-refractivity contribution in [1.29, 1.82) is 0 Å². The van der Waals surface area contributed by atoms with Crippen LogP contribution in [0.15, 0.2) is 24.3 Å². The van der Waals surface area contributed by atoms with Gasteiger partial charge in [0, 0.05) is 38.7 Å². The Kier molecular flexibility index (Phi) is 4.68. The first kappa shape index (κ1) is 16.3. The minimum absolute atomic E-state index is 0.0214. The third-order valence-corrected chi connectivity index (χ3v) is 3.73.